The molecule has 1 aromatic heterocycles. The van der Waals surface area contributed by atoms with Crippen molar-refractivity contribution in [3.63, 3.8) is 0 Å². The first kappa shape index (κ1) is 11.9. The van der Waals surface area contributed by atoms with Crippen LogP contribution in [0.4, 0.5) is 5.69 Å². The van der Waals surface area contributed by atoms with Crippen molar-refractivity contribution in [3.8, 4) is 0 Å². The van der Waals surface area contributed by atoms with E-state index in [0.29, 0.717) is 30.7 Å². The number of aromatic carboxylic acids is 1. The Bertz CT molecular complexity index is 644. The molecule has 1 fully saturated rings. The monoisotopic (exact) mass is 259 g/mol. The molecule has 3 rings (SSSR count). The molecule has 0 bridgehead atoms. The predicted octanol–water partition coefficient (Wildman–Crippen LogP) is 0.899. The fourth-order valence-corrected chi connectivity index (χ4v) is 2.45. The minimum Gasteiger partial charge on any atom is -0.476 e. The van der Waals surface area contributed by atoms with Crippen LogP contribution in [0.15, 0.2) is 24.3 Å². The molecular formula is C13H13N3O3. The fraction of sp³-hybridized carbons (Fsp3) is 0.308. The Balaban J connectivity index is 2.23. The van der Waals surface area contributed by atoms with Gasteiger partial charge in [-0.25, -0.2) is 4.79 Å². The first-order chi connectivity index (χ1) is 9.16. The highest BCUT2D eigenvalue weighted by atomic mass is 16.4. The third-order valence-electron chi connectivity index (χ3n) is 3.32. The third-order valence-corrected chi connectivity index (χ3v) is 3.32. The molecule has 1 saturated heterocycles. The van der Waals surface area contributed by atoms with Crippen molar-refractivity contribution in [2.24, 2.45) is 0 Å². The number of carboxylic acid groups (broad SMARTS) is 1. The number of fused-ring (bicyclic) bond motifs is 1. The average Bonchev–Trinajstić information content (AvgIpc) is 2.83. The van der Waals surface area contributed by atoms with Crippen molar-refractivity contribution in [2.75, 3.05) is 18.0 Å². The van der Waals surface area contributed by atoms with Gasteiger partial charge in [0.1, 0.15) is 0 Å². The minimum atomic E-state index is -1.10. The zero-order valence-electron chi connectivity index (χ0n) is 10.2. The quantitative estimate of drug-likeness (QED) is 0.833. The molecule has 2 aromatic rings. The van der Waals surface area contributed by atoms with Crippen molar-refractivity contribution >= 4 is 22.6 Å². The summed E-state index contributed by atoms with van der Waals surface area (Å²) in [6, 6.07) is 7.30. The number of aliphatic hydroxyl groups excluding tert-OH is 1. The first-order valence-corrected chi connectivity index (χ1v) is 6.08. The van der Waals surface area contributed by atoms with Crippen LogP contribution in [0.2, 0.25) is 0 Å². The molecule has 98 valence electrons. The molecule has 0 radical (unpaired) electrons. The van der Waals surface area contributed by atoms with Gasteiger partial charge in [0.2, 0.25) is 0 Å². The van der Waals surface area contributed by atoms with Crippen LogP contribution in [0.1, 0.15) is 16.9 Å². The Labute approximate surface area is 109 Å². The fourth-order valence-electron chi connectivity index (χ4n) is 2.45. The summed E-state index contributed by atoms with van der Waals surface area (Å²) in [6.07, 6.45) is 0.212. The van der Waals surface area contributed by atoms with Crippen LogP contribution in [0, 0.1) is 0 Å². The molecule has 6 nitrogen and oxygen atoms in total. The molecule has 0 spiro atoms. The van der Waals surface area contributed by atoms with E-state index in [-0.39, 0.29) is 5.69 Å². The maximum atomic E-state index is 11.3. The van der Waals surface area contributed by atoms with Crippen LogP contribution >= 0.6 is 0 Å². The van der Waals surface area contributed by atoms with E-state index >= 15 is 0 Å². The number of carboxylic acids is 1. The minimum absolute atomic E-state index is 0.0622. The highest BCUT2D eigenvalue weighted by molar-refractivity contribution is 6.02. The summed E-state index contributed by atoms with van der Waals surface area (Å²) in [7, 11) is 0. The molecule has 2 N–H and O–H groups in total. The normalized spacial score (nSPS) is 19.0. The van der Waals surface area contributed by atoms with Crippen LogP contribution in [0.25, 0.3) is 10.9 Å². The SMILES string of the molecule is O=C(O)c1nnc2ccccc2c1N1CCC(O)C1. The molecule has 1 atom stereocenters. The van der Waals surface area contributed by atoms with Crippen LogP contribution in [-0.2, 0) is 0 Å². The number of nitrogens with zero attached hydrogens (tertiary/aromatic N) is 3. The third kappa shape index (κ3) is 2.00. The zero-order valence-corrected chi connectivity index (χ0v) is 10.2. The number of anilines is 1. The second-order valence-corrected chi connectivity index (χ2v) is 4.61. The van der Waals surface area contributed by atoms with Gasteiger partial charge in [0, 0.05) is 18.5 Å². The summed E-state index contributed by atoms with van der Waals surface area (Å²) in [6.45, 7) is 1.05. The van der Waals surface area contributed by atoms with Crippen LogP contribution in [-0.4, -0.2) is 45.6 Å². The molecule has 1 aliphatic heterocycles. The first-order valence-electron chi connectivity index (χ1n) is 6.08. The van der Waals surface area contributed by atoms with Gasteiger partial charge >= 0.3 is 5.97 Å². The van der Waals surface area contributed by atoms with Crippen molar-refractivity contribution in [2.45, 2.75) is 12.5 Å². The number of hydrogen-bond acceptors (Lipinski definition) is 5. The van der Waals surface area contributed by atoms with Gasteiger partial charge in [-0.2, -0.15) is 0 Å². The highest BCUT2D eigenvalue weighted by Crippen LogP contribution is 2.30. The number of aromatic nitrogens is 2. The predicted molar refractivity (Wildman–Crippen MR) is 69.3 cm³/mol. The summed E-state index contributed by atoms with van der Waals surface area (Å²) in [4.78, 5) is 13.2. The molecule has 1 aliphatic rings. The van der Waals surface area contributed by atoms with Gasteiger partial charge in [0.05, 0.1) is 17.3 Å². The largest absolute Gasteiger partial charge is 0.476 e. The van der Waals surface area contributed by atoms with E-state index in [2.05, 4.69) is 10.2 Å². The standard InChI is InChI=1S/C13H13N3O3/c17-8-5-6-16(7-8)12-9-3-1-2-4-10(9)14-15-11(12)13(18)19/h1-4,8,17H,5-7H2,(H,18,19). The van der Waals surface area contributed by atoms with E-state index in [1.807, 2.05) is 23.1 Å². The van der Waals surface area contributed by atoms with Crippen LogP contribution < -0.4 is 4.90 Å². The second-order valence-electron chi connectivity index (χ2n) is 4.61. The lowest BCUT2D eigenvalue weighted by atomic mass is 10.1. The number of hydrogen-bond donors (Lipinski definition) is 2. The molecule has 6 heteroatoms. The van der Waals surface area contributed by atoms with E-state index < -0.39 is 12.1 Å². The number of benzene rings is 1. The van der Waals surface area contributed by atoms with Gasteiger partial charge in [0.25, 0.3) is 0 Å². The van der Waals surface area contributed by atoms with Crippen molar-refractivity contribution in [1.82, 2.24) is 10.2 Å². The Kier molecular flexibility index (Phi) is 2.79. The van der Waals surface area contributed by atoms with Gasteiger partial charge < -0.3 is 15.1 Å². The van der Waals surface area contributed by atoms with E-state index in [4.69, 9.17) is 0 Å². The van der Waals surface area contributed by atoms with Gasteiger partial charge in [-0.3, -0.25) is 0 Å². The average molecular weight is 259 g/mol. The Morgan fingerprint density at radius 2 is 2.11 bits per heavy atom. The summed E-state index contributed by atoms with van der Waals surface area (Å²) >= 11 is 0. The molecule has 1 aromatic carbocycles. The highest BCUT2D eigenvalue weighted by Gasteiger charge is 2.27. The lowest BCUT2D eigenvalue weighted by Crippen LogP contribution is -2.24. The molecule has 1 unspecified atom stereocenters. The van der Waals surface area contributed by atoms with Crippen LogP contribution in [0.5, 0.6) is 0 Å². The van der Waals surface area contributed by atoms with Crippen molar-refractivity contribution in [3.05, 3.63) is 30.0 Å². The summed E-state index contributed by atoms with van der Waals surface area (Å²) in [5, 5.41) is 27.4. The smallest absolute Gasteiger partial charge is 0.358 e. The molecule has 2 heterocycles. The lowest BCUT2D eigenvalue weighted by molar-refractivity contribution is 0.0690. The number of carbonyl (C=O) groups is 1. The molecule has 0 aliphatic carbocycles. The van der Waals surface area contributed by atoms with E-state index in [1.54, 1.807) is 6.07 Å². The van der Waals surface area contributed by atoms with Gasteiger partial charge in [-0.15, -0.1) is 10.2 Å². The number of rotatable bonds is 2. The Morgan fingerprint density at radius 3 is 2.79 bits per heavy atom. The zero-order chi connectivity index (χ0) is 13.4. The maximum Gasteiger partial charge on any atom is 0.358 e. The molecule has 19 heavy (non-hydrogen) atoms. The van der Waals surface area contributed by atoms with Crippen molar-refractivity contribution in [1.29, 1.82) is 0 Å². The van der Waals surface area contributed by atoms with Gasteiger partial charge in [-0.1, -0.05) is 18.2 Å². The van der Waals surface area contributed by atoms with Gasteiger partial charge in [0.15, 0.2) is 5.69 Å². The Hall–Kier alpha value is -2.21. The molecule has 0 amide bonds. The summed E-state index contributed by atoms with van der Waals surface area (Å²) in [5.41, 5.74) is 1.14. The Morgan fingerprint density at radius 1 is 1.32 bits per heavy atom. The summed E-state index contributed by atoms with van der Waals surface area (Å²) < 4.78 is 0. The summed E-state index contributed by atoms with van der Waals surface area (Å²) in [5.74, 6) is -1.10. The number of β-amino-alcohol motifs (C(OH)–C–C–N with tert-alkyl or cyclic N) is 1. The molecular weight excluding hydrogens is 246 g/mol. The molecule has 0 saturated carbocycles. The topological polar surface area (TPSA) is 86.5 Å². The van der Waals surface area contributed by atoms with E-state index in [9.17, 15) is 15.0 Å². The van der Waals surface area contributed by atoms with Crippen molar-refractivity contribution < 1.29 is 15.0 Å². The van der Waals surface area contributed by atoms with Gasteiger partial charge in [-0.05, 0) is 12.5 Å². The lowest BCUT2D eigenvalue weighted by Gasteiger charge is -2.20. The maximum absolute atomic E-state index is 11.3. The van der Waals surface area contributed by atoms with Crippen LogP contribution in [0.3, 0.4) is 0 Å². The second kappa shape index (κ2) is 4.47. The van der Waals surface area contributed by atoms with E-state index in [0.717, 1.165) is 5.39 Å². The van der Waals surface area contributed by atoms with E-state index in [1.165, 1.54) is 0 Å². The number of aliphatic hydroxyl groups is 1.